The first-order valence-electron chi connectivity index (χ1n) is 5.14. The second-order valence-electron chi connectivity index (χ2n) is 4.05. The van der Waals surface area contributed by atoms with E-state index in [0.717, 1.165) is 18.7 Å². The van der Waals surface area contributed by atoms with E-state index in [9.17, 15) is 0 Å². The predicted molar refractivity (Wildman–Crippen MR) is 54.0 cm³/mol. The van der Waals surface area contributed by atoms with E-state index in [-0.39, 0.29) is 6.10 Å². The molecule has 1 aromatic heterocycles. The Hall–Kier alpha value is -0.800. The molecule has 0 aromatic carbocycles. The fourth-order valence-electron chi connectivity index (χ4n) is 1.64. The van der Waals surface area contributed by atoms with Crippen molar-refractivity contribution in [3.05, 3.63) is 24.2 Å². The van der Waals surface area contributed by atoms with Crippen molar-refractivity contribution < 1.29 is 9.15 Å². The lowest BCUT2D eigenvalue weighted by atomic mass is 10.1. The number of rotatable bonds is 1. The third-order valence-electron chi connectivity index (χ3n) is 2.95. The predicted octanol–water partition coefficient (Wildman–Crippen LogP) is 1.97. The van der Waals surface area contributed by atoms with Gasteiger partial charge in [0, 0.05) is 18.2 Å². The molecule has 0 spiro atoms. The van der Waals surface area contributed by atoms with Crippen molar-refractivity contribution in [1.82, 2.24) is 5.32 Å². The van der Waals surface area contributed by atoms with Gasteiger partial charge in [-0.05, 0) is 18.9 Å². The van der Waals surface area contributed by atoms with E-state index in [1.807, 2.05) is 6.07 Å². The number of furan rings is 1. The van der Waals surface area contributed by atoms with Crippen LogP contribution in [-0.2, 0) is 4.74 Å². The molecule has 3 atom stereocenters. The molecule has 0 saturated carbocycles. The summed E-state index contributed by atoms with van der Waals surface area (Å²) in [6.07, 6.45) is 3.59. The molecule has 1 aliphatic heterocycles. The summed E-state index contributed by atoms with van der Waals surface area (Å²) in [7, 11) is 0. The van der Waals surface area contributed by atoms with Crippen molar-refractivity contribution in [3.63, 3.8) is 0 Å². The SMILES string of the molecule is CC1COC(c2ccoc2)CNC1C. The second kappa shape index (κ2) is 4.15. The topological polar surface area (TPSA) is 34.4 Å². The van der Waals surface area contributed by atoms with E-state index in [0.29, 0.717) is 12.0 Å². The first-order valence-corrected chi connectivity index (χ1v) is 5.14. The van der Waals surface area contributed by atoms with Crippen molar-refractivity contribution >= 4 is 0 Å². The standard InChI is InChI=1S/C11H17NO2/c1-8-6-14-11(5-12-9(8)2)10-3-4-13-7-10/h3-4,7-9,11-12H,5-6H2,1-2H3. The Balaban J connectivity index is 2.02. The zero-order valence-electron chi connectivity index (χ0n) is 8.69. The highest BCUT2D eigenvalue weighted by atomic mass is 16.5. The highest BCUT2D eigenvalue weighted by Crippen LogP contribution is 2.21. The van der Waals surface area contributed by atoms with Gasteiger partial charge in [-0.2, -0.15) is 0 Å². The summed E-state index contributed by atoms with van der Waals surface area (Å²) in [5, 5.41) is 3.47. The van der Waals surface area contributed by atoms with Crippen molar-refractivity contribution in [2.75, 3.05) is 13.2 Å². The fourth-order valence-corrected chi connectivity index (χ4v) is 1.64. The summed E-state index contributed by atoms with van der Waals surface area (Å²) in [5.74, 6) is 0.562. The summed E-state index contributed by atoms with van der Waals surface area (Å²) in [5.41, 5.74) is 1.12. The molecule has 3 heteroatoms. The first kappa shape index (κ1) is 9.74. The maximum Gasteiger partial charge on any atom is 0.0980 e. The van der Waals surface area contributed by atoms with Gasteiger partial charge in [0.1, 0.15) is 0 Å². The zero-order chi connectivity index (χ0) is 9.97. The summed E-state index contributed by atoms with van der Waals surface area (Å²) in [6.45, 7) is 6.08. The highest BCUT2D eigenvalue weighted by Gasteiger charge is 2.22. The summed E-state index contributed by atoms with van der Waals surface area (Å²) in [6, 6.07) is 2.49. The zero-order valence-corrected chi connectivity index (χ0v) is 8.69. The Kier molecular flexibility index (Phi) is 2.89. The number of ether oxygens (including phenoxy) is 1. The molecule has 78 valence electrons. The number of hydrogen-bond acceptors (Lipinski definition) is 3. The number of nitrogens with one attached hydrogen (secondary N) is 1. The minimum atomic E-state index is 0.140. The van der Waals surface area contributed by atoms with Gasteiger partial charge >= 0.3 is 0 Å². The maximum absolute atomic E-state index is 5.81. The van der Waals surface area contributed by atoms with Crippen LogP contribution in [0.15, 0.2) is 23.0 Å². The molecular weight excluding hydrogens is 178 g/mol. The first-order chi connectivity index (χ1) is 6.77. The molecule has 1 saturated heterocycles. The van der Waals surface area contributed by atoms with Crippen LogP contribution in [0.25, 0.3) is 0 Å². The molecule has 0 aliphatic carbocycles. The average molecular weight is 195 g/mol. The molecule has 3 unspecified atom stereocenters. The Labute approximate surface area is 84.4 Å². The van der Waals surface area contributed by atoms with Crippen LogP contribution < -0.4 is 5.32 Å². The largest absolute Gasteiger partial charge is 0.472 e. The molecule has 0 bridgehead atoms. The second-order valence-corrected chi connectivity index (χ2v) is 4.05. The van der Waals surface area contributed by atoms with Crippen LogP contribution in [0.3, 0.4) is 0 Å². The fraction of sp³-hybridized carbons (Fsp3) is 0.636. The molecule has 0 radical (unpaired) electrons. The monoisotopic (exact) mass is 195 g/mol. The lowest BCUT2D eigenvalue weighted by Gasteiger charge is -2.15. The molecule has 2 rings (SSSR count). The van der Waals surface area contributed by atoms with E-state index in [1.54, 1.807) is 12.5 Å². The van der Waals surface area contributed by atoms with Gasteiger partial charge in [0.25, 0.3) is 0 Å². The summed E-state index contributed by atoms with van der Waals surface area (Å²) < 4.78 is 10.9. The van der Waals surface area contributed by atoms with Gasteiger partial charge in [-0.15, -0.1) is 0 Å². The molecule has 1 aliphatic rings. The normalized spacial score (nSPS) is 34.0. The summed E-state index contributed by atoms with van der Waals surface area (Å²) in [4.78, 5) is 0. The van der Waals surface area contributed by atoms with Gasteiger partial charge in [0.15, 0.2) is 0 Å². The van der Waals surface area contributed by atoms with E-state index in [2.05, 4.69) is 19.2 Å². The Bertz CT molecular complexity index is 259. The number of hydrogen-bond donors (Lipinski definition) is 1. The van der Waals surface area contributed by atoms with Gasteiger partial charge in [-0.1, -0.05) is 6.92 Å². The van der Waals surface area contributed by atoms with Gasteiger partial charge in [0.2, 0.25) is 0 Å². The third kappa shape index (κ3) is 1.99. The van der Waals surface area contributed by atoms with Crippen LogP contribution in [0.4, 0.5) is 0 Å². The van der Waals surface area contributed by atoms with E-state index >= 15 is 0 Å². The molecule has 2 heterocycles. The quantitative estimate of drug-likeness (QED) is 0.744. The molecular formula is C11H17NO2. The van der Waals surface area contributed by atoms with Crippen molar-refractivity contribution in [1.29, 1.82) is 0 Å². The van der Waals surface area contributed by atoms with Crippen molar-refractivity contribution in [2.45, 2.75) is 26.0 Å². The molecule has 0 amide bonds. The van der Waals surface area contributed by atoms with Crippen molar-refractivity contribution in [2.24, 2.45) is 5.92 Å². The molecule has 3 nitrogen and oxygen atoms in total. The van der Waals surface area contributed by atoms with Crippen LogP contribution in [0.5, 0.6) is 0 Å². The molecule has 1 aromatic rings. The summed E-state index contributed by atoms with van der Waals surface area (Å²) >= 11 is 0. The minimum Gasteiger partial charge on any atom is -0.472 e. The van der Waals surface area contributed by atoms with E-state index < -0.39 is 0 Å². The molecule has 14 heavy (non-hydrogen) atoms. The van der Waals surface area contributed by atoms with Crippen LogP contribution in [0, 0.1) is 5.92 Å². The highest BCUT2D eigenvalue weighted by molar-refractivity contribution is 5.10. The van der Waals surface area contributed by atoms with Crippen LogP contribution in [0.1, 0.15) is 25.5 Å². The van der Waals surface area contributed by atoms with Gasteiger partial charge < -0.3 is 14.5 Å². The Morgan fingerprint density at radius 2 is 2.29 bits per heavy atom. The van der Waals surface area contributed by atoms with E-state index in [4.69, 9.17) is 9.15 Å². The lowest BCUT2D eigenvalue weighted by Crippen LogP contribution is -2.32. The molecule has 1 N–H and O–H groups in total. The molecule has 1 fully saturated rings. The lowest BCUT2D eigenvalue weighted by molar-refractivity contribution is 0.0493. The van der Waals surface area contributed by atoms with Crippen molar-refractivity contribution in [3.8, 4) is 0 Å². The van der Waals surface area contributed by atoms with E-state index in [1.165, 1.54) is 0 Å². The maximum atomic E-state index is 5.81. The van der Waals surface area contributed by atoms with Crippen LogP contribution in [0.2, 0.25) is 0 Å². The van der Waals surface area contributed by atoms with Crippen LogP contribution in [-0.4, -0.2) is 19.2 Å². The van der Waals surface area contributed by atoms with Crippen LogP contribution >= 0.6 is 0 Å². The Morgan fingerprint density at radius 1 is 1.43 bits per heavy atom. The van der Waals surface area contributed by atoms with Gasteiger partial charge in [-0.25, -0.2) is 0 Å². The third-order valence-corrected chi connectivity index (χ3v) is 2.95. The smallest absolute Gasteiger partial charge is 0.0980 e. The average Bonchev–Trinajstić information content (AvgIpc) is 2.65. The van der Waals surface area contributed by atoms with Gasteiger partial charge in [-0.3, -0.25) is 0 Å². The van der Waals surface area contributed by atoms with Gasteiger partial charge in [0.05, 0.1) is 25.2 Å². The Morgan fingerprint density at radius 3 is 3.00 bits per heavy atom. The minimum absolute atomic E-state index is 0.140.